The predicted octanol–water partition coefficient (Wildman–Crippen LogP) is -1.58. The molecule has 0 aromatic heterocycles. The zero-order chi connectivity index (χ0) is 11.3. The molecule has 1 rings (SSSR count). The summed E-state index contributed by atoms with van der Waals surface area (Å²) in [4.78, 5) is 11.1. The Morgan fingerprint density at radius 2 is 1.94 bits per heavy atom. The van der Waals surface area contributed by atoms with Crippen molar-refractivity contribution in [1.29, 1.82) is 0 Å². The summed E-state index contributed by atoms with van der Waals surface area (Å²) in [7, 11) is -2.11. The fourth-order valence-corrected chi connectivity index (χ4v) is 1.14. The molecule has 16 heavy (non-hydrogen) atoms. The van der Waals surface area contributed by atoms with Gasteiger partial charge in [0, 0.05) is 0 Å². The van der Waals surface area contributed by atoms with Gasteiger partial charge in [0.15, 0.2) is 0 Å². The third-order valence-corrected chi connectivity index (χ3v) is 1.82. The van der Waals surface area contributed by atoms with E-state index in [-0.39, 0.29) is 29.6 Å². The maximum absolute atomic E-state index is 11.1. The van der Waals surface area contributed by atoms with Gasteiger partial charge in [0.25, 0.3) is 0 Å². The fraction of sp³-hybridized carbons (Fsp3) is 0.222. The Bertz CT molecular complexity index is 323. The van der Waals surface area contributed by atoms with E-state index in [2.05, 4.69) is 4.65 Å². The average Bonchev–Trinajstić information content (AvgIpc) is 2.18. The van der Waals surface area contributed by atoms with Gasteiger partial charge < -0.3 is 20.4 Å². The van der Waals surface area contributed by atoms with Crippen molar-refractivity contribution in [2.45, 2.75) is 12.5 Å². The van der Waals surface area contributed by atoms with Crippen molar-refractivity contribution in [3.63, 3.8) is 0 Å². The monoisotopic (exact) mass is 233 g/mol. The maximum atomic E-state index is 11.1. The zero-order valence-corrected chi connectivity index (χ0v) is 8.04. The fourth-order valence-electron chi connectivity index (χ4n) is 1.14. The molecule has 0 aliphatic rings. The average molecular weight is 233 g/mol. The third kappa shape index (κ3) is 5.65. The molecule has 1 aromatic carbocycles. The first-order chi connectivity index (χ1) is 7.09. The molecule has 1 aromatic rings. The van der Waals surface area contributed by atoms with E-state index in [1.54, 1.807) is 0 Å². The Labute approximate surface area is 116 Å². The van der Waals surface area contributed by atoms with Crippen LogP contribution in [0, 0.1) is 0 Å². The van der Waals surface area contributed by atoms with E-state index in [9.17, 15) is 4.79 Å². The van der Waals surface area contributed by atoms with Crippen LogP contribution in [0.5, 0.6) is 0 Å². The SMILES string of the molecule is N[C@@H](Cc1ccccc1)C(=O)OB(O)O.[NaH]. The molecule has 0 radical (unpaired) electrons. The van der Waals surface area contributed by atoms with Gasteiger partial charge >= 0.3 is 42.8 Å². The van der Waals surface area contributed by atoms with Crippen LogP contribution in [0.4, 0.5) is 0 Å². The molecular weight excluding hydrogens is 220 g/mol. The molecule has 4 N–H and O–H groups in total. The molecule has 0 saturated carbocycles. The van der Waals surface area contributed by atoms with Gasteiger partial charge in [-0.2, -0.15) is 0 Å². The number of nitrogens with two attached hydrogens (primary N) is 1. The molecule has 0 bridgehead atoms. The van der Waals surface area contributed by atoms with E-state index in [4.69, 9.17) is 15.8 Å². The molecule has 0 spiro atoms. The normalized spacial score (nSPS) is 11.2. The van der Waals surface area contributed by atoms with Gasteiger partial charge in [0.2, 0.25) is 0 Å². The van der Waals surface area contributed by atoms with E-state index in [0.717, 1.165) is 5.56 Å². The van der Waals surface area contributed by atoms with Gasteiger partial charge in [-0.3, -0.25) is 4.79 Å². The predicted molar refractivity (Wildman–Crippen MR) is 61.6 cm³/mol. The van der Waals surface area contributed by atoms with Gasteiger partial charge in [-0.25, -0.2) is 0 Å². The molecule has 1 atom stereocenters. The van der Waals surface area contributed by atoms with E-state index >= 15 is 0 Å². The summed E-state index contributed by atoms with van der Waals surface area (Å²) in [6.45, 7) is 0. The van der Waals surface area contributed by atoms with Crippen molar-refractivity contribution < 1.29 is 19.5 Å². The van der Waals surface area contributed by atoms with Gasteiger partial charge in [-0.05, 0) is 12.0 Å². The van der Waals surface area contributed by atoms with Gasteiger partial charge in [-0.1, -0.05) is 30.3 Å². The van der Waals surface area contributed by atoms with Crippen LogP contribution in [0.25, 0.3) is 0 Å². The molecule has 0 aliphatic heterocycles. The molecule has 0 aliphatic carbocycles. The number of benzene rings is 1. The second kappa shape index (κ2) is 7.84. The number of rotatable bonds is 4. The summed E-state index contributed by atoms with van der Waals surface area (Å²) in [5.74, 6) is -0.839. The second-order valence-corrected chi connectivity index (χ2v) is 3.06. The summed E-state index contributed by atoms with van der Waals surface area (Å²) in [6, 6.07) is 8.26. The van der Waals surface area contributed by atoms with Crippen molar-refractivity contribution in [1.82, 2.24) is 0 Å². The van der Waals surface area contributed by atoms with Crippen molar-refractivity contribution >= 4 is 42.8 Å². The Morgan fingerprint density at radius 1 is 1.38 bits per heavy atom. The molecule has 0 unspecified atom stereocenters. The Morgan fingerprint density at radius 3 is 2.44 bits per heavy atom. The van der Waals surface area contributed by atoms with Gasteiger partial charge in [-0.15, -0.1) is 0 Å². The molecule has 0 amide bonds. The first-order valence-corrected chi connectivity index (χ1v) is 4.45. The number of carbonyl (C=O) groups is 1. The Hall–Kier alpha value is -0.365. The van der Waals surface area contributed by atoms with Crippen molar-refractivity contribution in [3.05, 3.63) is 35.9 Å². The number of hydrogen-bond donors (Lipinski definition) is 3. The number of carbonyl (C=O) groups excluding carboxylic acids is 1. The van der Waals surface area contributed by atoms with Gasteiger partial charge in [0.1, 0.15) is 6.04 Å². The third-order valence-electron chi connectivity index (χ3n) is 1.82. The van der Waals surface area contributed by atoms with Crippen LogP contribution in [0.1, 0.15) is 5.56 Å². The minimum atomic E-state index is -2.11. The van der Waals surface area contributed by atoms with Crippen molar-refractivity contribution in [3.8, 4) is 0 Å². The first-order valence-electron chi connectivity index (χ1n) is 4.45. The van der Waals surface area contributed by atoms with Crippen molar-refractivity contribution in [2.75, 3.05) is 0 Å². The molecular formula is C9H13BNNaO4. The quantitative estimate of drug-likeness (QED) is 0.546. The van der Waals surface area contributed by atoms with Crippen LogP contribution in [0.15, 0.2) is 30.3 Å². The molecule has 0 heterocycles. The molecule has 0 saturated heterocycles. The summed E-state index contributed by atoms with van der Waals surface area (Å²) in [6.07, 6.45) is 0.298. The van der Waals surface area contributed by atoms with Crippen LogP contribution in [0.3, 0.4) is 0 Å². The molecule has 7 heteroatoms. The van der Waals surface area contributed by atoms with E-state index < -0.39 is 19.3 Å². The van der Waals surface area contributed by atoms with Crippen molar-refractivity contribution in [2.24, 2.45) is 5.73 Å². The Kier molecular flexibility index (Phi) is 7.66. The minimum absolute atomic E-state index is 0. The van der Waals surface area contributed by atoms with E-state index in [0.29, 0.717) is 6.42 Å². The van der Waals surface area contributed by atoms with Crippen LogP contribution in [-0.4, -0.2) is 58.9 Å². The van der Waals surface area contributed by atoms with E-state index in [1.807, 2.05) is 30.3 Å². The second-order valence-electron chi connectivity index (χ2n) is 3.06. The Balaban J connectivity index is 0.00000225. The topological polar surface area (TPSA) is 92.8 Å². The molecule has 82 valence electrons. The zero-order valence-electron chi connectivity index (χ0n) is 8.04. The molecule has 0 fully saturated rings. The number of hydrogen-bond acceptors (Lipinski definition) is 5. The molecule has 5 nitrogen and oxygen atoms in total. The summed E-state index contributed by atoms with van der Waals surface area (Å²) in [5, 5.41) is 16.8. The standard InChI is InChI=1S/C9H12BNO4.Na.H/c11-8(9(12)15-10(13)14)6-7-4-2-1-3-5-7;;/h1-5,8,13-14H,6,11H2;;/t8-;;/m0../s1. The first kappa shape index (κ1) is 15.6. The summed E-state index contributed by atoms with van der Waals surface area (Å²) in [5.41, 5.74) is 6.38. The van der Waals surface area contributed by atoms with E-state index in [1.165, 1.54) is 0 Å². The van der Waals surface area contributed by atoms with Crippen LogP contribution >= 0.6 is 0 Å². The summed E-state index contributed by atoms with van der Waals surface area (Å²) < 4.78 is 4.13. The summed E-state index contributed by atoms with van der Waals surface area (Å²) >= 11 is 0. The van der Waals surface area contributed by atoms with Crippen LogP contribution in [0.2, 0.25) is 0 Å². The van der Waals surface area contributed by atoms with Gasteiger partial charge in [0.05, 0.1) is 0 Å². The van der Waals surface area contributed by atoms with Crippen LogP contribution < -0.4 is 5.73 Å². The van der Waals surface area contributed by atoms with Crippen LogP contribution in [-0.2, 0) is 15.9 Å².